The van der Waals surface area contributed by atoms with Gasteiger partial charge in [-0.15, -0.1) is 0 Å². The number of rotatable bonds is 8. The Morgan fingerprint density at radius 3 is 2.29 bits per heavy atom. The molecule has 3 rings (SSSR count). The zero-order valence-electron chi connectivity index (χ0n) is 18.1. The Bertz CT molecular complexity index is 1020. The molecular formula is C26H28N2O3. The molecule has 0 saturated heterocycles. The van der Waals surface area contributed by atoms with E-state index in [1.54, 1.807) is 30.3 Å². The molecule has 160 valence electrons. The van der Waals surface area contributed by atoms with Crippen LogP contribution in [0.15, 0.2) is 83.1 Å². The monoisotopic (exact) mass is 416 g/mol. The second-order valence-corrected chi connectivity index (χ2v) is 7.96. The molecule has 2 aromatic carbocycles. The molecule has 0 fully saturated rings. The van der Waals surface area contributed by atoms with Crippen LogP contribution in [-0.2, 0) is 4.79 Å². The highest BCUT2D eigenvalue weighted by atomic mass is 16.3. The summed E-state index contributed by atoms with van der Waals surface area (Å²) in [6.45, 7) is 6.18. The molecule has 0 aliphatic carbocycles. The van der Waals surface area contributed by atoms with Gasteiger partial charge in [0.15, 0.2) is 0 Å². The van der Waals surface area contributed by atoms with Gasteiger partial charge in [0.05, 0.1) is 12.3 Å². The molecule has 2 N–H and O–H groups in total. The number of furan rings is 1. The number of nitrogens with one attached hydrogen (secondary N) is 2. The van der Waals surface area contributed by atoms with Crippen LogP contribution in [0.1, 0.15) is 53.6 Å². The summed E-state index contributed by atoms with van der Waals surface area (Å²) in [7, 11) is 0. The Morgan fingerprint density at radius 2 is 1.68 bits per heavy atom. The van der Waals surface area contributed by atoms with Crippen molar-refractivity contribution in [2.75, 3.05) is 0 Å². The van der Waals surface area contributed by atoms with E-state index >= 15 is 0 Å². The second-order valence-electron chi connectivity index (χ2n) is 7.96. The highest BCUT2D eigenvalue weighted by Crippen LogP contribution is 2.22. The van der Waals surface area contributed by atoms with E-state index < -0.39 is 0 Å². The lowest BCUT2D eigenvalue weighted by molar-refractivity contribution is -0.118. The van der Waals surface area contributed by atoms with E-state index in [-0.39, 0.29) is 23.6 Å². The summed E-state index contributed by atoms with van der Waals surface area (Å²) in [5.41, 5.74) is 2.68. The third-order valence-corrected chi connectivity index (χ3v) is 4.85. The van der Waals surface area contributed by atoms with Crippen molar-refractivity contribution in [2.45, 2.75) is 33.2 Å². The lowest BCUT2D eigenvalue weighted by atomic mass is 9.97. The summed E-state index contributed by atoms with van der Waals surface area (Å²) in [5, 5.41) is 5.83. The number of carbonyl (C=O) groups excluding carboxylic acids is 2. The molecule has 1 aromatic heterocycles. The minimum atomic E-state index is -0.369. The smallest absolute Gasteiger partial charge is 0.268 e. The van der Waals surface area contributed by atoms with Crippen LogP contribution in [0.3, 0.4) is 0 Å². The summed E-state index contributed by atoms with van der Waals surface area (Å²) < 4.78 is 5.36. The average molecular weight is 417 g/mol. The molecule has 31 heavy (non-hydrogen) atoms. The van der Waals surface area contributed by atoms with Crippen molar-refractivity contribution in [1.29, 1.82) is 0 Å². The van der Waals surface area contributed by atoms with E-state index in [4.69, 9.17) is 4.42 Å². The fourth-order valence-corrected chi connectivity index (χ4v) is 3.24. The predicted octanol–water partition coefficient (Wildman–Crippen LogP) is 5.26. The van der Waals surface area contributed by atoms with Crippen LogP contribution < -0.4 is 10.6 Å². The maximum Gasteiger partial charge on any atom is 0.268 e. The fraction of sp³-hybridized carbons (Fsp3) is 0.231. The van der Waals surface area contributed by atoms with Crippen LogP contribution in [0.2, 0.25) is 0 Å². The van der Waals surface area contributed by atoms with Gasteiger partial charge in [-0.05, 0) is 49.1 Å². The third kappa shape index (κ3) is 6.44. The number of aryl methyl sites for hydroxylation is 1. The molecule has 2 amide bonds. The Hall–Kier alpha value is -3.60. The van der Waals surface area contributed by atoms with Crippen LogP contribution >= 0.6 is 0 Å². The van der Waals surface area contributed by atoms with E-state index in [0.717, 1.165) is 17.5 Å². The Kier molecular flexibility index (Phi) is 7.44. The first-order chi connectivity index (χ1) is 14.9. The van der Waals surface area contributed by atoms with Gasteiger partial charge < -0.3 is 15.1 Å². The van der Waals surface area contributed by atoms with Crippen molar-refractivity contribution >= 4 is 17.9 Å². The molecule has 3 aromatic rings. The van der Waals surface area contributed by atoms with Crippen molar-refractivity contribution in [2.24, 2.45) is 5.92 Å². The molecule has 0 radical (unpaired) electrons. The minimum Gasteiger partial charge on any atom is -0.465 e. The third-order valence-electron chi connectivity index (χ3n) is 4.85. The van der Waals surface area contributed by atoms with Crippen LogP contribution in [0, 0.1) is 12.8 Å². The first kappa shape index (κ1) is 22.1. The van der Waals surface area contributed by atoms with Crippen molar-refractivity contribution in [3.8, 4) is 0 Å². The second kappa shape index (κ2) is 10.4. The summed E-state index contributed by atoms with van der Waals surface area (Å²) >= 11 is 0. The van der Waals surface area contributed by atoms with Crippen molar-refractivity contribution in [1.82, 2.24) is 10.6 Å². The van der Waals surface area contributed by atoms with Gasteiger partial charge in [0.2, 0.25) is 0 Å². The lowest BCUT2D eigenvalue weighted by Gasteiger charge is -2.22. The van der Waals surface area contributed by atoms with E-state index in [1.807, 2.05) is 49.4 Å². The first-order valence-corrected chi connectivity index (χ1v) is 10.4. The number of amides is 2. The molecule has 5 heteroatoms. The highest BCUT2D eigenvalue weighted by Gasteiger charge is 2.21. The van der Waals surface area contributed by atoms with Gasteiger partial charge >= 0.3 is 0 Å². The molecule has 1 atom stereocenters. The lowest BCUT2D eigenvalue weighted by Crippen LogP contribution is -2.37. The van der Waals surface area contributed by atoms with Crippen LogP contribution in [0.5, 0.6) is 0 Å². The first-order valence-electron chi connectivity index (χ1n) is 10.4. The van der Waals surface area contributed by atoms with E-state index in [1.165, 1.54) is 6.26 Å². The quantitative estimate of drug-likeness (QED) is 0.492. The molecule has 1 heterocycles. The van der Waals surface area contributed by atoms with Crippen molar-refractivity contribution in [3.05, 3.63) is 101 Å². The number of carbonyl (C=O) groups is 2. The normalized spacial score (nSPS) is 12.5. The average Bonchev–Trinajstić information content (AvgIpc) is 3.26. The molecule has 0 aliphatic rings. The minimum absolute atomic E-state index is 0.130. The standard InChI is InChI=1S/C26H28N2O3/c1-18(2)16-23(20-8-5-4-6-9-20)27-26(30)24(17-22-10-7-15-31-22)28-25(29)21-13-11-19(3)12-14-21/h4-15,17-18,23H,16H2,1-3H3,(H,27,30)(H,28,29)/b24-17-/t23-/m1/s1. The molecular weight excluding hydrogens is 388 g/mol. The van der Waals surface area contributed by atoms with Gasteiger partial charge in [-0.25, -0.2) is 0 Å². The van der Waals surface area contributed by atoms with Gasteiger partial charge in [-0.1, -0.05) is 61.9 Å². The van der Waals surface area contributed by atoms with Gasteiger partial charge in [-0.3, -0.25) is 9.59 Å². The zero-order chi connectivity index (χ0) is 22.2. The topological polar surface area (TPSA) is 71.3 Å². The number of hydrogen-bond acceptors (Lipinski definition) is 3. The van der Waals surface area contributed by atoms with E-state index in [9.17, 15) is 9.59 Å². The van der Waals surface area contributed by atoms with Crippen LogP contribution in [0.25, 0.3) is 6.08 Å². The Labute approximate surface area is 183 Å². The van der Waals surface area contributed by atoms with Gasteiger partial charge in [0.25, 0.3) is 11.8 Å². The van der Waals surface area contributed by atoms with E-state index in [2.05, 4.69) is 24.5 Å². The van der Waals surface area contributed by atoms with Crippen LogP contribution in [-0.4, -0.2) is 11.8 Å². The van der Waals surface area contributed by atoms with Gasteiger partial charge in [0, 0.05) is 11.6 Å². The molecule has 0 spiro atoms. The summed E-state index contributed by atoms with van der Waals surface area (Å²) in [6.07, 6.45) is 3.84. The summed E-state index contributed by atoms with van der Waals surface area (Å²) in [5.74, 6) is 0.138. The molecule has 0 saturated carbocycles. The SMILES string of the molecule is Cc1ccc(C(=O)N/C(=C\c2ccco2)C(=O)N[C@H](CC(C)C)c2ccccc2)cc1. The van der Waals surface area contributed by atoms with Crippen molar-refractivity contribution in [3.63, 3.8) is 0 Å². The highest BCUT2D eigenvalue weighted by molar-refractivity contribution is 6.05. The maximum atomic E-state index is 13.2. The zero-order valence-corrected chi connectivity index (χ0v) is 18.1. The van der Waals surface area contributed by atoms with Gasteiger partial charge in [-0.2, -0.15) is 0 Å². The number of hydrogen-bond donors (Lipinski definition) is 2. The largest absolute Gasteiger partial charge is 0.465 e. The summed E-state index contributed by atoms with van der Waals surface area (Å²) in [6, 6.07) is 20.3. The molecule has 0 unspecified atom stereocenters. The van der Waals surface area contributed by atoms with Gasteiger partial charge in [0.1, 0.15) is 11.5 Å². The Balaban J connectivity index is 1.84. The number of benzene rings is 2. The van der Waals surface area contributed by atoms with Crippen molar-refractivity contribution < 1.29 is 14.0 Å². The van der Waals surface area contributed by atoms with Crippen LogP contribution in [0.4, 0.5) is 0 Å². The van der Waals surface area contributed by atoms with E-state index in [0.29, 0.717) is 17.2 Å². The fourth-order valence-electron chi connectivity index (χ4n) is 3.24. The predicted molar refractivity (Wildman–Crippen MR) is 122 cm³/mol. The summed E-state index contributed by atoms with van der Waals surface area (Å²) in [4.78, 5) is 26.0. The molecule has 0 aliphatic heterocycles. The Morgan fingerprint density at radius 1 is 0.968 bits per heavy atom. The molecule has 5 nitrogen and oxygen atoms in total. The maximum absolute atomic E-state index is 13.2. The molecule has 0 bridgehead atoms.